The maximum Gasteiger partial charge on any atom is 0.234 e. The largest absolute Gasteiger partial charge is 0.383 e. The van der Waals surface area contributed by atoms with Gasteiger partial charge in [0.25, 0.3) is 0 Å². The molecule has 17 heavy (non-hydrogen) atoms. The Labute approximate surface area is 105 Å². The van der Waals surface area contributed by atoms with Gasteiger partial charge in [-0.25, -0.2) is 0 Å². The van der Waals surface area contributed by atoms with Crippen LogP contribution in [0.1, 0.15) is 39.0 Å². The number of methoxy groups -OCH3 is 1. The van der Waals surface area contributed by atoms with Crippen LogP contribution in [0.25, 0.3) is 0 Å². The lowest BCUT2D eigenvalue weighted by Crippen LogP contribution is -2.43. The fourth-order valence-corrected chi connectivity index (χ4v) is 2.29. The molecule has 1 fully saturated rings. The zero-order valence-corrected chi connectivity index (χ0v) is 11.2. The lowest BCUT2D eigenvalue weighted by atomic mass is 10.1. The monoisotopic (exact) mass is 242 g/mol. The van der Waals surface area contributed by atoms with Crippen LogP contribution in [0.2, 0.25) is 0 Å². The molecular formula is C13H26N2O2. The van der Waals surface area contributed by atoms with Crippen LogP contribution in [0, 0.1) is 0 Å². The third-order valence-corrected chi connectivity index (χ3v) is 3.14. The molecule has 1 atom stereocenters. The van der Waals surface area contributed by atoms with Crippen molar-refractivity contribution in [2.75, 3.05) is 33.4 Å². The number of amides is 1. The van der Waals surface area contributed by atoms with Gasteiger partial charge in [-0.2, -0.15) is 0 Å². The molecule has 1 aliphatic rings. The molecule has 1 saturated heterocycles. The van der Waals surface area contributed by atoms with Gasteiger partial charge in [0.1, 0.15) is 0 Å². The van der Waals surface area contributed by atoms with E-state index in [1.807, 2.05) is 6.92 Å². The van der Waals surface area contributed by atoms with E-state index in [0.717, 1.165) is 13.1 Å². The van der Waals surface area contributed by atoms with Crippen molar-refractivity contribution in [2.24, 2.45) is 0 Å². The minimum atomic E-state index is 0.0993. The van der Waals surface area contributed by atoms with Crippen LogP contribution in [0.4, 0.5) is 0 Å². The van der Waals surface area contributed by atoms with Crippen molar-refractivity contribution in [1.29, 1.82) is 0 Å². The van der Waals surface area contributed by atoms with E-state index < -0.39 is 0 Å². The number of carbonyl (C=O) groups is 1. The molecule has 0 spiro atoms. The quantitative estimate of drug-likeness (QED) is 0.792. The molecule has 1 N–H and O–H groups in total. The first-order valence-corrected chi connectivity index (χ1v) is 6.73. The summed E-state index contributed by atoms with van der Waals surface area (Å²) in [6.07, 6.45) is 6.41. The fraction of sp³-hybridized carbons (Fsp3) is 0.923. The van der Waals surface area contributed by atoms with Crippen LogP contribution >= 0.6 is 0 Å². The highest BCUT2D eigenvalue weighted by atomic mass is 16.5. The summed E-state index contributed by atoms with van der Waals surface area (Å²) in [7, 11) is 1.65. The number of carbonyl (C=O) groups excluding carboxylic acids is 1. The summed E-state index contributed by atoms with van der Waals surface area (Å²) in [6.45, 7) is 5.20. The van der Waals surface area contributed by atoms with Crippen LogP contribution in [0.15, 0.2) is 0 Å². The SMILES string of the molecule is COC[C@@H](C)NC(=O)CN1CCCCCCC1. The Balaban J connectivity index is 2.23. The van der Waals surface area contributed by atoms with Crippen molar-refractivity contribution in [2.45, 2.75) is 45.1 Å². The molecule has 0 unspecified atom stereocenters. The third-order valence-electron chi connectivity index (χ3n) is 3.14. The summed E-state index contributed by atoms with van der Waals surface area (Å²) in [6, 6.07) is 0.0993. The molecule has 0 aromatic heterocycles. The molecule has 0 radical (unpaired) electrons. The molecule has 100 valence electrons. The average molecular weight is 242 g/mol. The van der Waals surface area contributed by atoms with E-state index >= 15 is 0 Å². The van der Waals surface area contributed by atoms with Crippen molar-refractivity contribution in [1.82, 2.24) is 10.2 Å². The van der Waals surface area contributed by atoms with Gasteiger partial charge in [-0.05, 0) is 32.9 Å². The predicted octanol–water partition coefficient (Wildman–Crippen LogP) is 1.40. The van der Waals surface area contributed by atoms with Crippen LogP contribution < -0.4 is 5.32 Å². The van der Waals surface area contributed by atoms with E-state index in [4.69, 9.17) is 4.74 Å². The van der Waals surface area contributed by atoms with Gasteiger partial charge >= 0.3 is 0 Å². The normalized spacial score (nSPS) is 20.4. The minimum absolute atomic E-state index is 0.0993. The number of hydrogen-bond donors (Lipinski definition) is 1. The maximum absolute atomic E-state index is 11.8. The van der Waals surface area contributed by atoms with Gasteiger partial charge in [-0.15, -0.1) is 0 Å². The van der Waals surface area contributed by atoms with Crippen molar-refractivity contribution < 1.29 is 9.53 Å². The first kappa shape index (κ1) is 14.5. The van der Waals surface area contributed by atoms with Crippen LogP contribution in [0.5, 0.6) is 0 Å². The van der Waals surface area contributed by atoms with E-state index in [0.29, 0.717) is 13.2 Å². The summed E-state index contributed by atoms with van der Waals surface area (Å²) >= 11 is 0. The van der Waals surface area contributed by atoms with E-state index in [1.54, 1.807) is 7.11 Å². The minimum Gasteiger partial charge on any atom is -0.383 e. The van der Waals surface area contributed by atoms with Gasteiger partial charge < -0.3 is 10.1 Å². The topological polar surface area (TPSA) is 41.6 Å². The molecular weight excluding hydrogens is 216 g/mol. The van der Waals surface area contributed by atoms with Crippen molar-refractivity contribution in [3.8, 4) is 0 Å². The van der Waals surface area contributed by atoms with Gasteiger partial charge in [-0.1, -0.05) is 19.3 Å². The predicted molar refractivity (Wildman–Crippen MR) is 69.0 cm³/mol. The van der Waals surface area contributed by atoms with Crippen LogP contribution in [0.3, 0.4) is 0 Å². The molecule has 0 aliphatic carbocycles. The van der Waals surface area contributed by atoms with Crippen molar-refractivity contribution in [3.05, 3.63) is 0 Å². The second kappa shape index (κ2) is 8.48. The Bertz CT molecular complexity index is 213. The lowest BCUT2D eigenvalue weighted by Gasteiger charge is -2.24. The molecule has 0 saturated carbocycles. The van der Waals surface area contributed by atoms with Gasteiger partial charge in [0.2, 0.25) is 5.91 Å². The number of rotatable bonds is 5. The summed E-state index contributed by atoms with van der Waals surface area (Å²) < 4.78 is 5.00. The Hall–Kier alpha value is -0.610. The van der Waals surface area contributed by atoms with Gasteiger partial charge in [-0.3, -0.25) is 9.69 Å². The molecule has 1 amide bonds. The van der Waals surface area contributed by atoms with Gasteiger partial charge in [0, 0.05) is 13.2 Å². The fourth-order valence-electron chi connectivity index (χ4n) is 2.29. The molecule has 0 bridgehead atoms. The number of nitrogens with zero attached hydrogens (tertiary/aromatic N) is 1. The van der Waals surface area contributed by atoms with Gasteiger partial charge in [0.15, 0.2) is 0 Å². The lowest BCUT2D eigenvalue weighted by molar-refractivity contribution is -0.123. The zero-order chi connectivity index (χ0) is 12.5. The van der Waals surface area contributed by atoms with E-state index in [9.17, 15) is 4.79 Å². The first-order chi connectivity index (χ1) is 8.22. The maximum atomic E-state index is 11.8. The Morgan fingerprint density at radius 2 is 1.82 bits per heavy atom. The average Bonchev–Trinajstić information content (AvgIpc) is 2.22. The first-order valence-electron chi connectivity index (χ1n) is 6.73. The highest BCUT2D eigenvalue weighted by Gasteiger charge is 2.13. The second-order valence-electron chi connectivity index (χ2n) is 4.97. The van der Waals surface area contributed by atoms with E-state index in [1.165, 1.54) is 32.1 Å². The number of hydrogen-bond acceptors (Lipinski definition) is 3. The molecule has 1 aliphatic heterocycles. The number of nitrogens with one attached hydrogen (secondary N) is 1. The number of likely N-dealkylation sites (tertiary alicyclic amines) is 1. The molecule has 1 heterocycles. The second-order valence-corrected chi connectivity index (χ2v) is 4.97. The summed E-state index contributed by atoms with van der Waals surface area (Å²) in [4.78, 5) is 14.1. The van der Waals surface area contributed by atoms with Crippen LogP contribution in [-0.4, -0.2) is 50.2 Å². The van der Waals surface area contributed by atoms with Gasteiger partial charge in [0.05, 0.1) is 13.2 Å². The molecule has 0 aromatic carbocycles. The molecule has 4 nitrogen and oxygen atoms in total. The van der Waals surface area contributed by atoms with Crippen LogP contribution in [-0.2, 0) is 9.53 Å². The Morgan fingerprint density at radius 3 is 2.41 bits per heavy atom. The van der Waals surface area contributed by atoms with E-state index in [-0.39, 0.29) is 11.9 Å². The molecule has 0 aromatic rings. The standard InChI is InChI=1S/C13H26N2O2/c1-12(11-17-2)14-13(16)10-15-8-6-4-3-5-7-9-15/h12H,3-11H2,1-2H3,(H,14,16)/t12-/m1/s1. The van der Waals surface area contributed by atoms with Crippen molar-refractivity contribution in [3.63, 3.8) is 0 Å². The zero-order valence-electron chi connectivity index (χ0n) is 11.2. The molecule has 1 rings (SSSR count). The smallest absolute Gasteiger partial charge is 0.234 e. The summed E-state index contributed by atoms with van der Waals surface area (Å²) in [5.41, 5.74) is 0. The van der Waals surface area contributed by atoms with E-state index in [2.05, 4.69) is 10.2 Å². The Kier molecular flexibility index (Phi) is 7.21. The Morgan fingerprint density at radius 1 is 1.24 bits per heavy atom. The summed E-state index contributed by atoms with van der Waals surface area (Å²) in [5.74, 6) is 0.120. The highest BCUT2D eigenvalue weighted by molar-refractivity contribution is 5.78. The highest BCUT2D eigenvalue weighted by Crippen LogP contribution is 2.09. The summed E-state index contributed by atoms with van der Waals surface area (Å²) in [5, 5.41) is 2.96. The third kappa shape index (κ3) is 6.64. The number of ether oxygens (including phenoxy) is 1. The van der Waals surface area contributed by atoms with Crippen molar-refractivity contribution >= 4 is 5.91 Å². The molecule has 4 heteroatoms.